The monoisotopic (exact) mass is 273 g/mol. The molecule has 1 unspecified atom stereocenters. The molecule has 2 aromatic carbocycles. The minimum atomic E-state index is -1.13. The molecule has 0 saturated heterocycles. The first-order chi connectivity index (χ1) is 9.20. The van der Waals surface area contributed by atoms with Crippen LogP contribution < -0.4 is 0 Å². The SMILES string of the molecule is N#Cc1ccccc1C(O)OCc1cccc(Cl)c1. The molecule has 3 nitrogen and oxygen atoms in total. The fraction of sp³-hybridized carbons (Fsp3) is 0.133. The van der Waals surface area contributed by atoms with Crippen molar-refractivity contribution in [1.29, 1.82) is 5.26 Å². The molecule has 0 saturated carbocycles. The van der Waals surface area contributed by atoms with Crippen molar-refractivity contribution in [2.75, 3.05) is 0 Å². The third kappa shape index (κ3) is 3.55. The van der Waals surface area contributed by atoms with Gasteiger partial charge in [0.25, 0.3) is 0 Å². The number of nitrogens with zero attached hydrogens (tertiary/aromatic N) is 1. The summed E-state index contributed by atoms with van der Waals surface area (Å²) in [6.45, 7) is 0.224. The Morgan fingerprint density at radius 3 is 2.74 bits per heavy atom. The molecule has 0 spiro atoms. The first-order valence-corrected chi connectivity index (χ1v) is 6.11. The molecule has 1 atom stereocenters. The van der Waals surface area contributed by atoms with Crippen LogP contribution in [0.4, 0.5) is 0 Å². The molecule has 4 heteroatoms. The highest BCUT2D eigenvalue weighted by molar-refractivity contribution is 6.30. The number of ether oxygens (including phenoxy) is 1. The number of nitriles is 1. The molecule has 0 aliphatic rings. The summed E-state index contributed by atoms with van der Waals surface area (Å²) in [7, 11) is 0. The van der Waals surface area contributed by atoms with Gasteiger partial charge in [0, 0.05) is 10.6 Å². The smallest absolute Gasteiger partial charge is 0.182 e. The second-order valence-electron chi connectivity index (χ2n) is 3.99. The van der Waals surface area contributed by atoms with Crippen LogP contribution in [0.2, 0.25) is 5.02 Å². The average molecular weight is 274 g/mol. The summed E-state index contributed by atoms with van der Waals surface area (Å²) in [6.07, 6.45) is -1.13. The largest absolute Gasteiger partial charge is 0.364 e. The van der Waals surface area contributed by atoms with Crippen LogP contribution in [0, 0.1) is 11.3 Å². The number of aliphatic hydroxyl groups is 1. The minimum Gasteiger partial charge on any atom is -0.364 e. The maximum absolute atomic E-state index is 9.96. The lowest BCUT2D eigenvalue weighted by Crippen LogP contribution is -2.05. The van der Waals surface area contributed by atoms with Crippen LogP contribution in [0.1, 0.15) is 23.0 Å². The van der Waals surface area contributed by atoms with Crippen LogP contribution in [-0.4, -0.2) is 5.11 Å². The highest BCUT2D eigenvalue weighted by Crippen LogP contribution is 2.20. The van der Waals surface area contributed by atoms with Gasteiger partial charge in [0.1, 0.15) is 0 Å². The van der Waals surface area contributed by atoms with Gasteiger partial charge in [0.2, 0.25) is 0 Å². The van der Waals surface area contributed by atoms with Gasteiger partial charge in [0.05, 0.1) is 18.2 Å². The van der Waals surface area contributed by atoms with Gasteiger partial charge >= 0.3 is 0 Å². The molecular formula is C15H12ClNO2. The number of hydrogen-bond donors (Lipinski definition) is 1. The van der Waals surface area contributed by atoms with Gasteiger partial charge in [-0.2, -0.15) is 5.26 Å². The molecular weight excluding hydrogens is 262 g/mol. The fourth-order valence-corrected chi connectivity index (χ4v) is 1.92. The molecule has 1 N–H and O–H groups in total. The Morgan fingerprint density at radius 2 is 2.00 bits per heavy atom. The Kier molecular flexibility index (Phi) is 4.53. The summed E-state index contributed by atoms with van der Waals surface area (Å²) >= 11 is 5.86. The fourth-order valence-electron chi connectivity index (χ4n) is 1.71. The Morgan fingerprint density at radius 1 is 1.21 bits per heavy atom. The molecule has 19 heavy (non-hydrogen) atoms. The molecule has 0 radical (unpaired) electrons. The predicted molar refractivity (Wildman–Crippen MR) is 72.4 cm³/mol. The van der Waals surface area contributed by atoms with E-state index in [0.717, 1.165) is 5.56 Å². The van der Waals surface area contributed by atoms with Crippen molar-refractivity contribution in [3.05, 3.63) is 70.2 Å². The number of halogens is 1. The summed E-state index contributed by atoms with van der Waals surface area (Å²) in [5, 5.41) is 19.5. The van der Waals surface area contributed by atoms with Crippen molar-refractivity contribution < 1.29 is 9.84 Å². The van der Waals surface area contributed by atoms with Gasteiger partial charge in [-0.15, -0.1) is 0 Å². The van der Waals surface area contributed by atoms with Gasteiger partial charge in [-0.05, 0) is 23.8 Å². The van der Waals surface area contributed by atoms with E-state index < -0.39 is 6.29 Å². The second kappa shape index (κ2) is 6.35. The van der Waals surface area contributed by atoms with Crippen molar-refractivity contribution in [2.45, 2.75) is 12.9 Å². The lowest BCUT2D eigenvalue weighted by Gasteiger charge is -2.13. The summed E-state index contributed by atoms with van der Waals surface area (Å²) in [5.74, 6) is 0. The molecule has 96 valence electrons. The van der Waals surface area contributed by atoms with E-state index in [4.69, 9.17) is 21.6 Å². The number of rotatable bonds is 4. The van der Waals surface area contributed by atoms with Crippen LogP contribution in [0.25, 0.3) is 0 Å². The standard InChI is InChI=1S/C15H12ClNO2/c16-13-6-3-4-11(8-13)10-19-15(18)14-7-2-1-5-12(14)9-17/h1-8,15,18H,10H2. The highest BCUT2D eigenvalue weighted by atomic mass is 35.5. The normalized spacial score (nSPS) is 11.8. The Bertz CT molecular complexity index is 607. The second-order valence-corrected chi connectivity index (χ2v) is 4.43. The average Bonchev–Trinajstić information content (AvgIpc) is 2.45. The van der Waals surface area contributed by atoms with Crippen LogP contribution in [0.3, 0.4) is 0 Å². The first kappa shape index (κ1) is 13.6. The summed E-state index contributed by atoms with van der Waals surface area (Å²) in [6, 6.07) is 16.0. The number of benzene rings is 2. The van der Waals surface area contributed by atoms with Crippen molar-refractivity contribution in [3.63, 3.8) is 0 Å². The zero-order valence-corrected chi connectivity index (χ0v) is 10.8. The van der Waals surface area contributed by atoms with Gasteiger partial charge in [-0.25, -0.2) is 0 Å². The molecule has 2 aromatic rings. The van der Waals surface area contributed by atoms with Crippen LogP contribution >= 0.6 is 11.6 Å². The van der Waals surface area contributed by atoms with Crippen LogP contribution in [0.15, 0.2) is 48.5 Å². The van der Waals surface area contributed by atoms with Crippen LogP contribution in [-0.2, 0) is 11.3 Å². The van der Waals surface area contributed by atoms with E-state index in [1.165, 1.54) is 0 Å². The van der Waals surface area contributed by atoms with E-state index in [-0.39, 0.29) is 6.61 Å². The maximum atomic E-state index is 9.96. The van der Waals surface area contributed by atoms with Crippen molar-refractivity contribution >= 4 is 11.6 Å². The molecule has 0 amide bonds. The Balaban J connectivity index is 2.06. The van der Waals surface area contributed by atoms with E-state index in [1.54, 1.807) is 36.4 Å². The Labute approximate surface area is 116 Å². The summed E-state index contributed by atoms with van der Waals surface area (Å²) < 4.78 is 5.36. The number of hydrogen-bond acceptors (Lipinski definition) is 3. The van der Waals surface area contributed by atoms with Crippen molar-refractivity contribution in [1.82, 2.24) is 0 Å². The topological polar surface area (TPSA) is 53.2 Å². The van der Waals surface area contributed by atoms with E-state index in [0.29, 0.717) is 16.1 Å². The van der Waals surface area contributed by atoms with Gasteiger partial charge in [0.15, 0.2) is 6.29 Å². The van der Waals surface area contributed by atoms with Crippen LogP contribution in [0.5, 0.6) is 0 Å². The van der Waals surface area contributed by atoms with E-state index in [2.05, 4.69) is 0 Å². The molecule has 2 rings (SSSR count). The molecule has 0 aliphatic heterocycles. The van der Waals surface area contributed by atoms with Crippen molar-refractivity contribution in [2.24, 2.45) is 0 Å². The third-order valence-electron chi connectivity index (χ3n) is 2.64. The number of aliphatic hydroxyl groups excluding tert-OH is 1. The quantitative estimate of drug-likeness (QED) is 0.869. The molecule has 0 aliphatic carbocycles. The van der Waals surface area contributed by atoms with Gasteiger partial charge in [-0.1, -0.05) is 41.9 Å². The summed E-state index contributed by atoms with van der Waals surface area (Å²) in [4.78, 5) is 0. The predicted octanol–water partition coefficient (Wildman–Crippen LogP) is 3.42. The van der Waals surface area contributed by atoms with E-state index >= 15 is 0 Å². The summed E-state index contributed by atoms with van der Waals surface area (Å²) in [5.41, 5.74) is 1.73. The molecule has 0 aromatic heterocycles. The maximum Gasteiger partial charge on any atom is 0.182 e. The zero-order valence-electron chi connectivity index (χ0n) is 10.1. The molecule has 0 heterocycles. The van der Waals surface area contributed by atoms with E-state index in [1.807, 2.05) is 18.2 Å². The van der Waals surface area contributed by atoms with Crippen molar-refractivity contribution in [3.8, 4) is 6.07 Å². The van der Waals surface area contributed by atoms with Gasteiger partial charge in [-0.3, -0.25) is 0 Å². The van der Waals surface area contributed by atoms with Gasteiger partial charge < -0.3 is 9.84 Å². The van der Waals surface area contributed by atoms with E-state index in [9.17, 15) is 5.11 Å². The lowest BCUT2D eigenvalue weighted by atomic mass is 10.1. The highest BCUT2D eigenvalue weighted by Gasteiger charge is 2.12. The third-order valence-corrected chi connectivity index (χ3v) is 2.88. The molecule has 0 fully saturated rings. The molecule has 0 bridgehead atoms. The zero-order chi connectivity index (χ0) is 13.7. The first-order valence-electron chi connectivity index (χ1n) is 5.74. The minimum absolute atomic E-state index is 0.224. The Hall–Kier alpha value is -1.86. The lowest BCUT2D eigenvalue weighted by molar-refractivity contribution is -0.112.